The Morgan fingerprint density at radius 1 is 1.07 bits per heavy atom. The quantitative estimate of drug-likeness (QED) is 0.717. The smallest absolute Gasteiger partial charge is 0.276 e. The third-order valence-electron chi connectivity index (χ3n) is 5.03. The summed E-state index contributed by atoms with van der Waals surface area (Å²) in [7, 11) is -3.37. The summed E-state index contributed by atoms with van der Waals surface area (Å²) in [5, 5.41) is 0. The van der Waals surface area contributed by atoms with Gasteiger partial charge in [-0.2, -0.15) is 0 Å². The van der Waals surface area contributed by atoms with Gasteiger partial charge in [-0.05, 0) is 19.1 Å². The molecule has 2 amide bonds. The lowest BCUT2D eigenvalue weighted by Crippen LogP contribution is -2.62. The number of nitrogens with zero attached hydrogens (tertiary/aromatic N) is 4. The average Bonchev–Trinajstić information content (AvgIpc) is 3.22. The van der Waals surface area contributed by atoms with Crippen LogP contribution in [-0.4, -0.2) is 76.7 Å². The van der Waals surface area contributed by atoms with Crippen LogP contribution < -0.4 is 0 Å². The van der Waals surface area contributed by atoms with Crippen molar-refractivity contribution in [2.75, 3.05) is 24.6 Å². The lowest BCUT2D eigenvalue weighted by Gasteiger charge is -2.43. The molecule has 27 heavy (non-hydrogen) atoms. The third-order valence-corrected chi connectivity index (χ3v) is 6.73. The van der Waals surface area contributed by atoms with E-state index >= 15 is 0 Å². The van der Waals surface area contributed by atoms with E-state index in [-0.39, 0.29) is 47.8 Å². The Morgan fingerprint density at radius 3 is 2.30 bits per heavy atom. The van der Waals surface area contributed by atoms with Gasteiger partial charge in [-0.1, -0.05) is 6.07 Å². The molecule has 0 bridgehead atoms. The van der Waals surface area contributed by atoms with E-state index in [1.807, 2.05) is 0 Å². The van der Waals surface area contributed by atoms with Gasteiger partial charge in [0, 0.05) is 19.3 Å². The summed E-state index contributed by atoms with van der Waals surface area (Å²) in [6, 6.07) is 3.79. The molecule has 0 unspecified atom stereocenters. The second-order valence-electron chi connectivity index (χ2n) is 6.68. The molecule has 0 aliphatic carbocycles. The maximum atomic E-state index is 12.9. The summed E-state index contributed by atoms with van der Waals surface area (Å²) in [6.45, 7) is 2.08. The largest absolute Gasteiger partial charge is 0.448 e. The molecule has 10 heteroatoms. The van der Waals surface area contributed by atoms with Crippen LogP contribution in [0.15, 0.2) is 35.2 Å². The van der Waals surface area contributed by atoms with Gasteiger partial charge >= 0.3 is 0 Å². The molecule has 0 radical (unpaired) electrons. The summed E-state index contributed by atoms with van der Waals surface area (Å²) < 4.78 is 29.7. The van der Waals surface area contributed by atoms with Crippen LogP contribution in [0, 0.1) is 6.92 Å². The summed E-state index contributed by atoms with van der Waals surface area (Å²) in [5.41, 5.74) is 0.426. The molecule has 2 saturated heterocycles. The van der Waals surface area contributed by atoms with E-state index in [2.05, 4.69) is 9.97 Å². The molecule has 0 saturated carbocycles. The highest BCUT2D eigenvalue weighted by Crippen LogP contribution is 2.29. The minimum absolute atomic E-state index is 0.169. The number of oxazole rings is 1. The zero-order valence-electron chi connectivity index (χ0n) is 14.6. The number of aromatic nitrogens is 2. The predicted molar refractivity (Wildman–Crippen MR) is 93.8 cm³/mol. The fourth-order valence-electron chi connectivity index (χ4n) is 3.74. The van der Waals surface area contributed by atoms with Crippen molar-refractivity contribution in [2.24, 2.45) is 0 Å². The van der Waals surface area contributed by atoms with Gasteiger partial charge in [-0.25, -0.2) is 13.4 Å². The van der Waals surface area contributed by atoms with Gasteiger partial charge in [0.05, 0.1) is 23.6 Å². The van der Waals surface area contributed by atoms with Crippen molar-refractivity contribution in [3.8, 4) is 0 Å². The molecule has 2 fully saturated rings. The molecular weight excluding hydrogens is 372 g/mol. The highest BCUT2D eigenvalue weighted by molar-refractivity contribution is 7.91. The van der Waals surface area contributed by atoms with Crippen LogP contribution in [0.5, 0.6) is 0 Å². The Bertz CT molecular complexity index is 988. The number of piperazine rings is 1. The summed E-state index contributed by atoms with van der Waals surface area (Å²) in [4.78, 5) is 36.8. The standard InChI is InChI=1S/C17H18N4O5S/c1-11-15(19-10-26-11)17(23)21-7-6-20(13-8-27(24,25)9-14(13)21)16(22)12-4-2-3-5-18-12/h2-5,10,13-14H,6-9H2,1H3/t13-,14+/m1/s1. The summed E-state index contributed by atoms with van der Waals surface area (Å²) >= 11 is 0. The van der Waals surface area contributed by atoms with Crippen molar-refractivity contribution in [3.63, 3.8) is 0 Å². The molecule has 2 aromatic rings. The molecule has 2 aliphatic heterocycles. The molecule has 4 rings (SSSR count). The average molecular weight is 390 g/mol. The Balaban J connectivity index is 1.65. The molecule has 9 nitrogen and oxygen atoms in total. The first kappa shape index (κ1) is 17.7. The van der Waals surface area contributed by atoms with Crippen LogP contribution in [0.3, 0.4) is 0 Å². The van der Waals surface area contributed by atoms with E-state index in [4.69, 9.17) is 4.42 Å². The van der Waals surface area contributed by atoms with Crippen LogP contribution in [-0.2, 0) is 9.84 Å². The van der Waals surface area contributed by atoms with Gasteiger partial charge in [0.1, 0.15) is 11.5 Å². The van der Waals surface area contributed by atoms with Crippen LogP contribution in [0.1, 0.15) is 26.7 Å². The zero-order chi connectivity index (χ0) is 19.2. The van der Waals surface area contributed by atoms with Gasteiger partial charge in [0.15, 0.2) is 21.9 Å². The van der Waals surface area contributed by atoms with E-state index in [1.165, 1.54) is 22.4 Å². The molecule has 142 valence electrons. The third kappa shape index (κ3) is 3.09. The monoisotopic (exact) mass is 390 g/mol. The molecular formula is C17H18N4O5S. The number of carbonyl (C=O) groups is 2. The van der Waals surface area contributed by atoms with Gasteiger partial charge in [-0.3, -0.25) is 14.6 Å². The number of amides is 2. The van der Waals surface area contributed by atoms with Crippen molar-refractivity contribution in [1.29, 1.82) is 0 Å². The Hall–Kier alpha value is -2.75. The van der Waals surface area contributed by atoms with Crippen molar-refractivity contribution in [1.82, 2.24) is 19.8 Å². The molecule has 0 aromatic carbocycles. The van der Waals surface area contributed by atoms with E-state index < -0.39 is 21.9 Å². The summed E-state index contributed by atoms with van der Waals surface area (Å²) in [5.74, 6) is -0.667. The first-order valence-electron chi connectivity index (χ1n) is 8.51. The fraction of sp³-hybridized carbons (Fsp3) is 0.412. The van der Waals surface area contributed by atoms with Crippen LogP contribution >= 0.6 is 0 Å². The molecule has 2 aromatic heterocycles. The van der Waals surface area contributed by atoms with Crippen LogP contribution in [0.25, 0.3) is 0 Å². The van der Waals surface area contributed by atoms with Crippen molar-refractivity contribution >= 4 is 21.7 Å². The Morgan fingerprint density at radius 2 is 1.74 bits per heavy atom. The first-order valence-corrected chi connectivity index (χ1v) is 10.3. The molecule has 0 N–H and O–H groups in total. The number of hydrogen-bond acceptors (Lipinski definition) is 7. The number of aryl methyl sites for hydroxylation is 1. The summed E-state index contributed by atoms with van der Waals surface area (Å²) in [6.07, 6.45) is 2.70. The van der Waals surface area contributed by atoms with Crippen LogP contribution in [0.4, 0.5) is 0 Å². The number of hydrogen-bond donors (Lipinski definition) is 0. The van der Waals surface area contributed by atoms with Gasteiger partial charge in [-0.15, -0.1) is 0 Å². The van der Waals surface area contributed by atoms with E-state index in [0.717, 1.165) is 0 Å². The topological polar surface area (TPSA) is 114 Å². The molecule has 0 spiro atoms. The lowest BCUT2D eigenvalue weighted by molar-refractivity contribution is 0.0274. The molecule has 2 aliphatic rings. The number of carbonyl (C=O) groups excluding carboxylic acids is 2. The van der Waals surface area contributed by atoms with Gasteiger partial charge < -0.3 is 14.2 Å². The Kier molecular flexibility index (Phi) is 4.22. The Labute approximate surface area is 155 Å². The second-order valence-corrected chi connectivity index (χ2v) is 8.83. The normalized spacial score (nSPS) is 23.9. The maximum absolute atomic E-state index is 12.9. The predicted octanol–water partition coefficient (Wildman–Crippen LogP) is 0.142. The minimum atomic E-state index is -3.37. The molecule has 4 heterocycles. The van der Waals surface area contributed by atoms with Gasteiger partial charge in [0.25, 0.3) is 11.8 Å². The fourth-order valence-corrected chi connectivity index (χ4v) is 5.72. The number of sulfone groups is 1. The highest BCUT2D eigenvalue weighted by Gasteiger charge is 2.50. The van der Waals surface area contributed by atoms with Crippen molar-refractivity contribution in [2.45, 2.75) is 19.0 Å². The van der Waals surface area contributed by atoms with E-state index in [9.17, 15) is 18.0 Å². The van der Waals surface area contributed by atoms with Crippen molar-refractivity contribution < 1.29 is 22.4 Å². The minimum Gasteiger partial charge on any atom is -0.448 e. The number of fused-ring (bicyclic) bond motifs is 1. The van der Waals surface area contributed by atoms with E-state index in [0.29, 0.717) is 5.76 Å². The second kappa shape index (κ2) is 6.45. The number of pyridine rings is 1. The first-order chi connectivity index (χ1) is 12.9. The highest BCUT2D eigenvalue weighted by atomic mass is 32.2. The van der Waals surface area contributed by atoms with Gasteiger partial charge in [0.2, 0.25) is 0 Å². The zero-order valence-corrected chi connectivity index (χ0v) is 15.4. The SMILES string of the molecule is Cc1ocnc1C(=O)N1CCN(C(=O)c2ccccn2)[C@@H]2CS(=O)(=O)C[C@@H]21. The lowest BCUT2D eigenvalue weighted by atomic mass is 10.0. The number of rotatable bonds is 2. The van der Waals surface area contributed by atoms with Crippen LogP contribution in [0.2, 0.25) is 0 Å². The van der Waals surface area contributed by atoms with E-state index in [1.54, 1.807) is 25.1 Å². The van der Waals surface area contributed by atoms with Crippen molar-refractivity contribution in [3.05, 3.63) is 47.9 Å². The maximum Gasteiger partial charge on any atom is 0.276 e. The molecule has 2 atom stereocenters.